The average Bonchev–Trinajstić information content (AvgIpc) is 3.07. The maximum Gasteiger partial charge on any atom is 0.484 e. The second-order valence-electron chi connectivity index (χ2n) is 7.34. The molecule has 1 unspecified atom stereocenters. The molecule has 2 heterocycles. The Bertz CT molecular complexity index is 1050. The summed E-state index contributed by atoms with van der Waals surface area (Å²) in [4.78, 5) is 44.1. The van der Waals surface area contributed by atoms with E-state index in [1.807, 2.05) is 0 Å². The van der Waals surface area contributed by atoms with Crippen molar-refractivity contribution < 1.29 is 72.4 Å². The number of phosphoric ester groups is 1. The van der Waals surface area contributed by atoms with E-state index in [0.717, 1.165) is 10.8 Å². The Balaban J connectivity index is 2.21. The number of nitrogens with zero attached hydrogens (tertiary/aromatic N) is 2. The number of phosphoric acid groups is 2. The third-order valence-electron chi connectivity index (χ3n) is 4.73. The molecule has 19 nitrogen and oxygen atoms in total. The molecule has 36 heavy (non-hydrogen) atoms. The summed E-state index contributed by atoms with van der Waals surface area (Å²) in [6, 6.07) is 1.18. The minimum absolute atomic E-state index is 0.150. The Morgan fingerprint density at radius 2 is 1.83 bits per heavy atom. The first-order valence-electron chi connectivity index (χ1n) is 9.79. The summed E-state index contributed by atoms with van der Waals surface area (Å²) in [5, 5.41) is 58.8. The van der Waals surface area contributed by atoms with Crippen LogP contribution in [0.15, 0.2) is 17.1 Å². The van der Waals surface area contributed by atoms with Crippen molar-refractivity contribution in [2.24, 2.45) is 0 Å². The molecule has 1 aliphatic rings. The quantitative estimate of drug-likeness (QED) is 0.0801. The number of anilines is 1. The van der Waals surface area contributed by atoms with E-state index in [9.17, 15) is 49.4 Å². The molecule has 10 N–H and O–H groups in total. The summed E-state index contributed by atoms with van der Waals surface area (Å²) < 4.78 is 43.6. The van der Waals surface area contributed by atoms with E-state index in [4.69, 9.17) is 24.8 Å². The molecule has 2 rings (SSSR count). The van der Waals surface area contributed by atoms with Crippen LogP contribution in [0.25, 0.3) is 0 Å². The molecule has 1 fully saturated rings. The van der Waals surface area contributed by atoms with E-state index < -0.39 is 83.5 Å². The summed E-state index contributed by atoms with van der Waals surface area (Å²) in [5.74, 6) is -0.150. The Hall–Kier alpha value is -1.67. The normalized spacial score (nSPS) is 27.7. The van der Waals surface area contributed by atoms with Gasteiger partial charge in [-0.1, -0.05) is 0 Å². The first-order chi connectivity index (χ1) is 16.6. The third-order valence-corrected chi connectivity index (χ3v) is 7.38. The zero-order chi connectivity index (χ0) is 27.4. The predicted molar refractivity (Wildman–Crippen MR) is 112 cm³/mol. The fourth-order valence-electron chi connectivity index (χ4n) is 2.96. The molecule has 0 spiro atoms. The Morgan fingerprint density at radius 1 is 1.19 bits per heavy atom. The highest BCUT2D eigenvalue weighted by Gasteiger charge is 2.47. The number of nitrogens with two attached hydrogens (primary N) is 1. The Labute approximate surface area is 201 Å². The SMILES string of the molecule is Nc1ccn([C@@H]2O[C@H](COP(=O)(O[C@H](CO)[C@@H](O)[C@H](O)[C@@H](O)C=O)OP(=O)(O)O)[C@@H](O)[C@H]2O)c(=O)n1. The topological polar surface area (TPSA) is 311 Å². The van der Waals surface area contributed by atoms with Crippen molar-refractivity contribution >= 4 is 27.7 Å². The zero-order valence-electron chi connectivity index (χ0n) is 18.0. The van der Waals surface area contributed by atoms with Crippen LogP contribution in [0, 0.1) is 0 Å². The Kier molecular flexibility index (Phi) is 10.4. The van der Waals surface area contributed by atoms with Crippen LogP contribution in [-0.2, 0) is 32.0 Å². The molecule has 1 aliphatic heterocycles. The first kappa shape index (κ1) is 30.6. The van der Waals surface area contributed by atoms with Crippen molar-refractivity contribution in [1.29, 1.82) is 0 Å². The van der Waals surface area contributed by atoms with Gasteiger partial charge in [-0.3, -0.25) is 13.6 Å². The molecule has 0 amide bonds. The van der Waals surface area contributed by atoms with Gasteiger partial charge in [0.05, 0.1) is 13.2 Å². The zero-order valence-corrected chi connectivity index (χ0v) is 19.8. The molecule has 9 atom stereocenters. The summed E-state index contributed by atoms with van der Waals surface area (Å²) in [6.07, 6.45) is -14.9. The van der Waals surface area contributed by atoms with E-state index in [-0.39, 0.29) is 12.1 Å². The van der Waals surface area contributed by atoms with Crippen molar-refractivity contribution in [3.8, 4) is 0 Å². The molecule has 0 aliphatic carbocycles. The molecule has 1 aromatic rings. The van der Waals surface area contributed by atoms with E-state index in [2.05, 4.69) is 13.8 Å². The lowest BCUT2D eigenvalue weighted by molar-refractivity contribution is -0.135. The number of carbonyl (C=O) groups is 1. The van der Waals surface area contributed by atoms with Gasteiger partial charge in [-0.15, -0.1) is 0 Å². The number of aromatic nitrogens is 2. The van der Waals surface area contributed by atoms with Crippen LogP contribution in [-0.4, -0.2) is 112 Å². The number of hydrogen-bond acceptors (Lipinski definition) is 16. The van der Waals surface area contributed by atoms with Crippen LogP contribution in [0.3, 0.4) is 0 Å². The highest BCUT2D eigenvalue weighted by Crippen LogP contribution is 2.62. The van der Waals surface area contributed by atoms with Crippen LogP contribution in [0.2, 0.25) is 0 Å². The molecular formula is C15H25N3O16P2. The number of ether oxygens (including phenoxy) is 1. The number of aliphatic hydroxyl groups excluding tert-OH is 6. The predicted octanol–water partition coefficient (Wildman–Crippen LogP) is -4.66. The second-order valence-corrected chi connectivity index (χ2v) is 10.3. The van der Waals surface area contributed by atoms with Gasteiger partial charge in [-0.05, 0) is 6.07 Å². The van der Waals surface area contributed by atoms with Gasteiger partial charge in [0, 0.05) is 6.20 Å². The number of aliphatic hydroxyl groups is 6. The van der Waals surface area contributed by atoms with Crippen LogP contribution >= 0.6 is 15.6 Å². The van der Waals surface area contributed by atoms with E-state index in [1.54, 1.807) is 0 Å². The van der Waals surface area contributed by atoms with Crippen molar-refractivity contribution in [2.75, 3.05) is 18.9 Å². The van der Waals surface area contributed by atoms with Crippen molar-refractivity contribution in [3.05, 3.63) is 22.7 Å². The number of carbonyl (C=O) groups excluding carboxylic acids is 1. The fourth-order valence-corrected chi connectivity index (χ4v) is 5.25. The molecule has 1 aromatic heterocycles. The molecule has 206 valence electrons. The van der Waals surface area contributed by atoms with E-state index in [0.29, 0.717) is 0 Å². The molecule has 0 bridgehead atoms. The summed E-state index contributed by atoms with van der Waals surface area (Å²) in [7, 11) is -11.1. The average molecular weight is 565 g/mol. The number of nitrogen functional groups attached to an aromatic ring is 1. The molecule has 21 heteroatoms. The van der Waals surface area contributed by atoms with Crippen molar-refractivity contribution in [2.45, 2.75) is 49.0 Å². The minimum atomic E-state index is -5.66. The van der Waals surface area contributed by atoms with Gasteiger partial charge in [0.15, 0.2) is 12.5 Å². The standard InChI is InChI=1S/C15H25N3O16P2/c16-9-1-2-18(15(26)17-9)14-13(25)12(24)8(32-14)5-31-36(30,34-35(27,28)29)33-7(4-20)11(23)10(22)6(21)3-19/h1-3,6-8,10-14,20-25H,4-5H2,(H2,16,17,26)(H2,27,28,29)/t6-,7+,8+,10+,11+,12+,13+,14+,36?/m0/s1. The van der Waals surface area contributed by atoms with Gasteiger partial charge in [-0.25, -0.2) is 13.9 Å². The first-order valence-corrected chi connectivity index (χ1v) is 12.8. The molecule has 0 saturated carbocycles. The van der Waals surface area contributed by atoms with Crippen LogP contribution < -0.4 is 11.4 Å². The largest absolute Gasteiger partial charge is 0.484 e. The summed E-state index contributed by atoms with van der Waals surface area (Å²) in [5.41, 5.74) is 4.40. The van der Waals surface area contributed by atoms with Gasteiger partial charge in [0.1, 0.15) is 48.5 Å². The second kappa shape index (κ2) is 12.2. The van der Waals surface area contributed by atoms with Gasteiger partial charge < -0.3 is 55.7 Å². The molecule has 1 saturated heterocycles. The lowest BCUT2D eigenvalue weighted by Gasteiger charge is -2.29. The third kappa shape index (κ3) is 7.67. The fraction of sp³-hybridized carbons (Fsp3) is 0.667. The lowest BCUT2D eigenvalue weighted by Crippen LogP contribution is -2.47. The van der Waals surface area contributed by atoms with Gasteiger partial charge >= 0.3 is 21.3 Å². The lowest BCUT2D eigenvalue weighted by atomic mass is 10.0. The summed E-state index contributed by atoms with van der Waals surface area (Å²) in [6.45, 7) is -2.37. The minimum Gasteiger partial charge on any atom is -0.394 e. The highest BCUT2D eigenvalue weighted by atomic mass is 31.3. The smallest absolute Gasteiger partial charge is 0.394 e. The molecular weight excluding hydrogens is 540 g/mol. The maximum atomic E-state index is 12.9. The van der Waals surface area contributed by atoms with Gasteiger partial charge in [-0.2, -0.15) is 9.29 Å². The highest BCUT2D eigenvalue weighted by molar-refractivity contribution is 7.61. The van der Waals surface area contributed by atoms with Gasteiger partial charge in [0.25, 0.3) is 0 Å². The monoisotopic (exact) mass is 565 g/mol. The number of rotatable bonds is 13. The Morgan fingerprint density at radius 3 is 2.36 bits per heavy atom. The van der Waals surface area contributed by atoms with Crippen LogP contribution in [0.5, 0.6) is 0 Å². The van der Waals surface area contributed by atoms with E-state index in [1.165, 1.54) is 6.07 Å². The van der Waals surface area contributed by atoms with E-state index >= 15 is 0 Å². The summed E-state index contributed by atoms with van der Waals surface area (Å²) >= 11 is 0. The van der Waals surface area contributed by atoms with Gasteiger partial charge in [0.2, 0.25) is 0 Å². The molecule has 0 radical (unpaired) electrons. The number of aldehydes is 1. The van der Waals surface area contributed by atoms with Crippen LogP contribution in [0.4, 0.5) is 5.82 Å². The maximum absolute atomic E-state index is 12.9. The molecule has 0 aromatic carbocycles. The number of hydrogen-bond donors (Lipinski definition) is 9. The van der Waals surface area contributed by atoms with Crippen LogP contribution in [0.1, 0.15) is 6.23 Å². The van der Waals surface area contributed by atoms with Crippen molar-refractivity contribution in [3.63, 3.8) is 0 Å². The van der Waals surface area contributed by atoms with Crippen molar-refractivity contribution in [1.82, 2.24) is 9.55 Å².